The van der Waals surface area contributed by atoms with Gasteiger partial charge in [0.2, 0.25) is 0 Å². The number of guanidine groups is 1. The van der Waals surface area contributed by atoms with E-state index >= 15 is 0 Å². The van der Waals surface area contributed by atoms with Crippen molar-refractivity contribution in [2.24, 2.45) is 4.99 Å². The van der Waals surface area contributed by atoms with Gasteiger partial charge in [-0.3, -0.25) is 9.89 Å². The Hall–Kier alpha value is -2.60. The Labute approximate surface area is 174 Å². The normalized spacial score (nSPS) is 20.9. The van der Waals surface area contributed by atoms with Gasteiger partial charge in [-0.25, -0.2) is 4.98 Å². The second-order valence-electron chi connectivity index (χ2n) is 7.84. The fourth-order valence-electron chi connectivity index (χ4n) is 4.38. The zero-order chi connectivity index (χ0) is 19.9. The first-order valence-electron chi connectivity index (χ1n) is 10.7. The first kappa shape index (κ1) is 19.7. The van der Waals surface area contributed by atoms with Gasteiger partial charge >= 0.3 is 0 Å². The Bertz CT molecular complexity index is 770. The van der Waals surface area contributed by atoms with Crippen molar-refractivity contribution < 1.29 is 0 Å². The van der Waals surface area contributed by atoms with Crippen LogP contribution in [0, 0.1) is 0 Å². The number of anilines is 1. The molecule has 154 valence electrons. The summed E-state index contributed by atoms with van der Waals surface area (Å²) in [6, 6.07) is 17.5. The van der Waals surface area contributed by atoms with Crippen molar-refractivity contribution in [1.82, 2.24) is 20.1 Å². The van der Waals surface area contributed by atoms with E-state index in [0.29, 0.717) is 6.04 Å². The first-order valence-corrected chi connectivity index (χ1v) is 10.7. The Morgan fingerprint density at radius 2 is 1.83 bits per heavy atom. The number of likely N-dealkylation sites (tertiary alicyclic amines) is 1. The quantitative estimate of drug-likeness (QED) is 0.626. The molecule has 29 heavy (non-hydrogen) atoms. The van der Waals surface area contributed by atoms with Crippen LogP contribution in [-0.4, -0.2) is 73.1 Å². The Balaban J connectivity index is 1.27. The summed E-state index contributed by atoms with van der Waals surface area (Å²) >= 11 is 0. The summed E-state index contributed by atoms with van der Waals surface area (Å²) < 4.78 is 0. The number of nitrogens with one attached hydrogen (secondary N) is 1. The molecule has 3 heterocycles. The van der Waals surface area contributed by atoms with Crippen molar-refractivity contribution in [2.45, 2.75) is 25.4 Å². The first-order chi connectivity index (χ1) is 14.3. The van der Waals surface area contributed by atoms with E-state index < -0.39 is 0 Å². The summed E-state index contributed by atoms with van der Waals surface area (Å²) in [6.45, 7) is 7.06. The molecule has 1 aromatic heterocycles. The lowest BCUT2D eigenvalue weighted by atomic mass is 10.2. The van der Waals surface area contributed by atoms with Crippen LogP contribution in [0.15, 0.2) is 59.7 Å². The summed E-state index contributed by atoms with van der Waals surface area (Å²) in [7, 11) is 1.89. The topological polar surface area (TPSA) is 47.0 Å². The number of hydrogen-bond donors (Lipinski definition) is 1. The fourth-order valence-corrected chi connectivity index (χ4v) is 4.38. The third-order valence-electron chi connectivity index (χ3n) is 5.99. The van der Waals surface area contributed by atoms with E-state index in [0.717, 1.165) is 51.0 Å². The number of piperazine rings is 1. The van der Waals surface area contributed by atoms with E-state index in [-0.39, 0.29) is 0 Å². The molecule has 0 amide bonds. The third kappa shape index (κ3) is 5.07. The number of pyridine rings is 1. The van der Waals surface area contributed by atoms with Gasteiger partial charge in [0.25, 0.3) is 0 Å². The molecule has 0 aliphatic carbocycles. The van der Waals surface area contributed by atoms with Crippen molar-refractivity contribution in [3.63, 3.8) is 0 Å². The minimum atomic E-state index is 0.571. The molecule has 1 atom stereocenters. The van der Waals surface area contributed by atoms with Gasteiger partial charge in [-0.15, -0.1) is 0 Å². The van der Waals surface area contributed by atoms with Crippen LogP contribution in [0.25, 0.3) is 0 Å². The van der Waals surface area contributed by atoms with Crippen LogP contribution < -0.4 is 10.2 Å². The average Bonchev–Trinajstić information content (AvgIpc) is 3.23. The van der Waals surface area contributed by atoms with Crippen molar-refractivity contribution in [1.29, 1.82) is 0 Å². The zero-order valence-corrected chi connectivity index (χ0v) is 17.4. The second-order valence-corrected chi connectivity index (χ2v) is 7.84. The minimum absolute atomic E-state index is 0.571. The lowest BCUT2D eigenvalue weighted by molar-refractivity contribution is 0.243. The Morgan fingerprint density at radius 3 is 2.55 bits per heavy atom. The maximum absolute atomic E-state index is 4.56. The monoisotopic (exact) mass is 392 g/mol. The molecule has 6 heteroatoms. The molecule has 0 saturated carbocycles. The molecule has 0 bridgehead atoms. The number of rotatable bonds is 5. The lowest BCUT2D eigenvalue weighted by Crippen LogP contribution is -2.54. The summed E-state index contributed by atoms with van der Waals surface area (Å²) in [5, 5.41) is 3.65. The van der Waals surface area contributed by atoms with Crippen molar-refractivity contribution in [2.75, 3.05) is 51.2 Å². The third-order valence-corrected chi connectivity index (χ3v) is 5.99. The van der Waals surface area contributed by atoms with E-state index in [1.807, 2.05) is 19.3 Å². The van der Waals surface area contributed by atoms with E-state index in [1.54, 1.807) is 0 Å². The molecule has 1 aromatic carbocycles. The summed E-state index contributed by atoms with van der Waals surface area (Å²) in [5.41, 5.74) is 1.40. The number of hydrogen-bond acceptors (Lipinski definition) is 4. The van der Waals surface area contributed by atoms with Gasteiger partial charge in [0.05, 0.1) is 0 Å². The average molecular weight is 393 g/mol. The maximum atomic E-state index is 4.56. The van der Waals surface area contributed by atoms with E-state index in [2.05, 4.69) is 72.5 Å². The number of aliphatic imine (C=N–C) groups is 1. The van der Waals surface area contributed by atoms with Crippen LogP contribution in [0.5, 0.6) is 0 Å². The Morgan fingerprint density at radius 1 is 1.03 bits per heavy atom. The van der Waals surface area contributed by atoms with E-state index in [4.69, 9.17) is 0 Å². The second kappa shape index (κ2) is 9.74. The summed E-state index contributed by atoms with van der Waals surface area (Å²) in [6.07, 6.45) is 4.40. The molecule has 2 aliphatic heterocycles. The van der Waals surface area contributed by atoms with Crippen molar-refractivity contribution in [3.05, 3.63) is 60.3 Å². The number of benzene rings is 1. The molecule has 6 nitrogen and oxygen atoms in total. The highest BCUT2D eigenvalue weighted by Crippen LogP contribution is 2.20. The largest absolute Gasteiger partial charge is 0.355 e. The van der Waals surface area contributed by atoms with E-state index in [9.17, 15) is 0 Å². The van der Waals surface area contributed by atoms with Gasteiger partial charge in [0.1, 0.15) is 5.82 Å². The standard InChI is InChI=1S/C23H32N6/c1-24-23(28-16-14-27(15-17-28)22-11-5-6-12-25-22)26-18-21-10-7-13-29(21)19-20-8-3-2-4-9-20/h2-6,8-9,11-12,21H,7,10,13-19H2,1H3,(H,24,26). The lowest BCUT2D eigenvalue weighted by Gasteiger charge is -2.37. The molecular weight excluding hydrogens is 360 g/mol. The summed E-state index contributed by atoms with van der Waals surface area (Å²) in [5.74, 6) is 2.09. The predicted molar refractivity (Wildman–Crippen MR) is 119 cm³/mol. The predicted octanol–water partition coefficient (Wildman–Crippen LogP) is 2.44. The SMILES string of the molecule is CN=C(NCC1CCCN1Cc1ccccc1)N1CCN(c2ccccn2)CC1. The molecule has 0 spiro atoms. The van der Waals surface area contributed by atoms with Gasteiger partial charge in [-0.2, -0.15) is 0 Å². The molecule has 0 radical (unpaired) electrons. The maximum Gasteiger partial charge on any atom is 0.193 e. The van der Waals surface area contributed by atoms with Gasteiger partial charge < -0.3 is 15.1 Å². The molecule has 4 rings (SSSR count). The van der Waals surface area contributed by atoms with E-state index in [1.165, 1.54) is 24.9 Å². The van der Waals surface area contributed by atoms with Gasteiger partial charge in [-0.1, -0.05) is 36.4 Å². The van der Waals surface area contributed by atoms with Crippen LogP contribution in [0.4, 0.5) is 5.82 Å². The smallest absolute Gasteiger partial charge is 0.193 e. The number of nitrogens with zero attached hydrogens (tertiary/aromatic N) is 5. The molecule has 2 aromatic rings. The Kier molecular flexibility index (Phi) is 6.62. The van der Waals surface area contributed by atoms with Crippen LogP contribution in [0.1, 0.15) is 18.4 Å². The molecule has 2 fully saturated rings. The van der Waals surface area contributed by atoms with Gasteiger partial charge in [0, 0.05) is 58.6 Å². The molecule has 2 aliphatic rings. The van der Waals surface area contributed by atoms with Crippen molar-refractivity contribution >= 4 is 11.8 Å². The summed E-state index contributed by atoms with van der Waals surface area (Å²) in [4.78, 5) is 16.4. The van der Waals surface area contributed by atoms with Crippen LogP contribution >= 0.6 is 0 Å². The van der Waals surface area contributed by atoms with Crippen LogP contribution in [-0.2, 0) is 6.54 Å². The molecule has 1 unspecified atom stereocenters. The van der Waals surface area contributed by atoms with Crippen LogP contribution in [0.2, 0.25) is 0 Å². The zero-order valence-electron chi connectivity index (χ0n) is 17.4. The minimum Gasteiger partial charge on any atom is -0.355 e. The highest BCUT2D eigenvalue weighted by Gasteiger charge is 2.26. The van der Waals surface area contributed by atoms with Gasteiger partial charge in [0.15, 0.2) is 5.96 Å². The fraction of sp³-hybridized carbons (Fsp3) is 0.478. The number of aromatic nitrogens is 1. The highest BCUT2D eigenvalue weighted by molar-refractivity contribution is 5.80. The highest BCUT2D eigenvalue weighted by atomic mass is 15.4. The molecule has 1 N–H and O–H groups in total. The van der Waals surface area contributed by atoms with Gasteiger partial charge in [-0.05, 0) is 37.1 Å². The molecule has 2 saturated heterocycles. The van der Waals surface area contributed by atoms with Crippen molar-refractivity contribution in [3.8, 4) is 0 Å². The van der Waals surface area contributed by atoms with Crippen LogP contribution in [0.3, 0.4) is 0 Å². The molecular formula is C23H32N6.